The Morgan fingerprint density at radius 3 is 3.13 bits per heavy atom. The summed E-state index contributed by atoms with van der Waals surface area (Å²) < 4.78 is 5.04. The van der Waals surface area contributed by atoms with Gasteiger partial charge in [-0.3, -0.25) is 0 Å². The standard InChI is InChI=1S/C10H12ClN3O/c11-7-2-1-3-8(4-7)13-5-9-6-15-10(12)14-9/h1-4,9,13H,5-6H2,(H2,12,14)/t9-/m0/s1. The van der Waals surface area contributed by atoms with Crippen molar-refractivity contribution in [3.63, 3.8) is 0 Å². The lowest BCUT2D eigenvalue weighted by Gasteiger charge is -2.08. The van der Waals surface area contributed by atoms with Gasteiger partial charge in [0, 0.05) is 17.3 Å². The molecule has 0 fully saturated rings. The van der Waals surface area contributed by atoms with E-state index in [1.165, 1.54) is 0 Å². The number of nitrogens with two attached hydrogens (primary N) is 1. The molecule has 1 heterocycles. The van der Waals surface area contributed by atoms with Crippen LogP contribution in [0.25, 0.3) is 0 Å². The molecule has 3 N–H and O–H groups in total. The van der Waals surface area contributed by atoms with Crippen LogP contribution >= 0.6 is 11.6 Å². The predicted octanol–water partition coefficient (Wildman–Crippen LogP) is 1.47. The maximum Gasteiger partial charge on any atom is 0.282 e. The first-order valence-corrected chi connectivity index (χ1v) is 5.07. The molecule has 0 radical (unpaired) electrons. The molecule has 0 spiro atoms. The van der Waals surface area contributed by atoms with Gasteiger partial charge in [0.05, 0.1) is 0 Å². The summed E-state index contributed by atoms with van der Waals surface area (Å²) in [6.45, 7) is 1.24. The molecule has 80 valence electrons. The second-order valence-electron chi connectivity index (χ2n) is 3.32. The van der Waals surface area contributed by atoms with Crippen molar-refractivity contribution in [3.05, 3.63) is 29.3 Å². The first-order valence-electron chi connectivity index (χ1n) is 4.69. The number of rotatable bonds is 3. The smallest absolute Gasteiger partial charge is 0.282 e. The van der Waals surface area contributed by atoms with E-state index < -0.39 is 0 Å². The maximum absolute atomic E-state index is 5.85. The topological polar surface area (TPSA) is 59.6 Å². The van der Waals surface area contributed by atoms with E-state index >= 15 is 0 Å². The fourth-order valence-corrected chi connectivity index (χ4v) is 1.57. The third kappa shape index (κ3) is 2.76. The molecule has 1 aromatic rings. The van der Waals surface area contributed by atoms with Crippen molar-refractivity contribution >= 4 is 23.3 Å². The van der Waals surface area contributed by atoms with Gasteiger partial charge < -0.3 is 15.8 Å². The number of benzene rings is 1. The van der Waals surface area contributed by atoms with Crippen LogP contribution in [0.5, 0.6) is 0 Å². The highest BCUT2D eigenvalue weighted by atomic mass is 35.5. The number of ether oxygens (including phenoxy) is 1. The van der Waals surface area contributed by atoms with Gasteiger partial charge in [0.15, 0.2) is 0 Å². The molecular weight excluding hydrogens is 214 g/mol. The van der Waals surface area contributed by atoms with Crippen molar-refractivity contribution in [2.75, 3.05) is 18.5 Å². The molecule has 1 aromatic carbocycles. The Labute approximate surface area is 93.1 Å². The number of nitrogens with zero attached hydrogens (tertiary/aromatic N) is 1. The van der Waals surface area contributed by atoms with Crippen LogP contribution in [-0.2, 0) is 4.74 Å². The summed E-state index contributed by atoms with van der Waals surface area (Å²) in [5.74, 6) is 0. The minimum atomic E-state index is 0.0870. The van der Waals surface area contributed by atoms with Crippen LogP contribution in [0.1, 0.15) is 0 Å². The summed E-state index contributed by atoms with van der Waals surface area (Å²) in [4.78, 5) is 4.10. The molecule has 0 aliphatic carbocycles. The Bertz CT molecular complexity index is 381. The van der Waals surface area contributed by atoms with Gasteiger partial charge in [-0.1, -0.05) is 17.7 Å². The summed E-state index contributed by atoms with van der Waals surface area (Å²) >= 11 is 5.85. The fraction of sp³-hybridized carbons (Fsp3) is 0.300. The second-order valence-corrected chi connectivity index (χ2v) is 3.76. The third-order valence-electron chi connectivity index (χ3n) is 2.10. The molecule has 0 saturated heterocycles. The Morgan fingerprint density at radius 1 is 1.60 bits per heavy atom. The predicted molar refractivity (Wildman–Crippen MR) is 61.3 cm³/mol. The van der Waals surface area contributed by atoms with Crippen LogP contribution in [0.4, 0.5) is 5.69 Å². The van der Waals surface area contributed by atoms with Crippen LogP contribution in [0.15, 0.2) is 29.3 Å². The SMILES string of the molecule is NC1=N[C@@H](CNc2cccc(Cl)c2)CO1. The summed E-state index contributed by atoms with van der Waals surface area (Å²) in [5.41, 5.74) is 6.37. The van der Waals surface area contributed by atoms with Crippen molar-refractivity contribution in [3.8, 4) is 0 Å². The highest BCUT2D eigenvalue weighted by Gasteiger charge is 2.15. The molecule has 0 aromatic heterocycles. The minimum absolute atomic E-state index is 0.0870. The van der Waals surface area contributed by atoms with Gasteiger partial charge in [-0.2, -0.15) is 0 Å². The zero-order valence-corrected chi connectivity index (χ0v) is 8.87. The fourth-order valence-electron chi connectivity index (χ4n) is 1.37. The van der Waals surface area contributed by atoms with Crippen LogP contribution in [0, 0.1) is 0 Å². The molecule has 4 nitrogen and oxygen atoms in total. The van der Waals surface area contributed by atoms with Gasteiger partial charge in [0.25, 0.3) is 6.02 Å². The van der Waals surface area contributed by atoms with E-state index in [0.29, 0.717) is 18.2 Å². The summed E-state index contributed by atoms with van der Waals surface area (Å²) in [5, 5.41) is 3.93. The summed E-state index contributed by atoms with van der Waals surface area (Å²) in [7, 11) is 0. The lowest BCUT2D eigenvalue weighted by Crippen LogP contribution is -2.18. The number of hydrogen-bond donors (Lipinski definition) is 2. The van der Waals surface area contributed by atoms with Gasteiger partial charge in [-0.05, 0) is 18.2 Å². The van der Waals surface area contributed by atoms with Gasteiger partial charge in [-0.25, -0.2) is 4.99 Å². The molecule has 1 atom stereocenters. The van der Waals surface area contributed by atoms with Gasteiger partial charge >= 0.3 is 0 Å². The number of aliphatic imine (C=N–C) groups is 1. The van der Waals surface area contributed by atoms with E-state index in [1.807, 2.05) is 24.3 Å². The van der Waals surface area contributed by atoms with E-state index in [2.05, 4.69) is 10.3 Å². The zero-order valence-electron chi connectivity index (χ0n) is 8.11. The Kier molecular flexibility index (Phi) is 2.97. The second kappa shape index (κ2) is 4.40. The van der Waals surface area contributed by atoms with Crippen molar-refractivity contribution in [1.82, 2.24) is 0 Å². The Balaban J connectivity index is 1.88. The zero-order chi connectivity index (χ0) is 10.7. The molecule has 1 aliphatic rings. The monoisotopic (exact) mass is 225 g/mol. The van der Waals surface area contributed by atoms with Crippen LogP contribution in [0.3, 0.4) is 0 Å². The van der Waals surface area contributed by atoms with Gasteiger partial charge in [0.2, 0.25) is 0 Å². The Hall–Kier alpha value is -1.42. The highest BCUT2D eigenvalue weighted by molar-refractivity contribution is 6.30. The van der Waals surface area contributed by atoms with Crippen molar-refractivity contribution < 1.29 is 4.74 Å². The van der Waals surface area contributed by atoms with E-state index in [0.717, 1.165) is 5.69 Å². The molecule has 0 bridgehead atoms. The number of nitrogens with one attached hydrogen (secondary N) is 1. The molecule has 0 amide bonds. The van der Waals surface area contributed by atoms with E-state index in [1.54, 1.807) is 0 Å². The van der Waals surface area contributed by atoms with Gasteiger partial charge in [0.1, 0.15) is 12.6 Å². The van der Waals surface area contributed by atoms with E-state index in [-0.39, 0.29) is 12.1 Å². The van der Waals surface area contributed by atoms with Crippen LogP contribution < -0.4 is 11.1 Å². The van der Waals surface area contributed by atoms with Crippen molar-refractivity contribution in [2.45, 2.75) is 6.04 Å². The lowest BCUT2D eigenvalue weighted by molar-refractivity contribution is 0.316. The quantitative estimate of drug-likeness (QED) is 0.819. The average molecular weight is 226 g/mol. The largest absolute Gasteiger partial charge is 0.463 e. The van der Waals surface area contributed by atoms with Crippen molar-refractivity contribution in [2.24, 2.45) is 10.7 Å². The number of hydrogen-bond acceptors (Lipinski definition) is 4. The molecular formula is C10H12ClN3O. The van der Waals surface area contributed by atoms with Gasteiger partial charge in [-0.15, -0.1) is 0 Å². The van der Waals surface area contributed by atoms with Crippen molar-refractivity contribution in [1.29, 1.82) is 0 Å². The highest BCUT2D eigenvalue weighted by Crippen LogP contribution is 2.15. The lowest BCUT2D eigenvalue weighted by atomic mass is 10.3. The normalized spacial score (nSPS) is 19.5. The first-order chi connectivity index (χ1) is 7.24. The molecule has 0 saturated carbocycles. The average Bonchev–Trinajstić information content (AvgIpc) is 2.62. The number of halogens is 1. The number of anilines is 1. The summed E-state index contributed by atoms with van der Waals surface area (Å²) in [6.07, 6.45) is 0. The maximum atomic E-state index is 5.85. The molecule has 15 heavy (non-hydrogen) atoms. The molecule has 2 rings (SSSR count). The van der Waals surface area contributed by atoms with E-state index in [4.69, 9.17) is 22.1 Å². The van der Waals surface area contributed by atoms with Crippen LogP contribution in [-0.4, -0.2) is 25.2 Å². The molecule has 1 aliphatic heterocycles. The Morgan fingerprint density at radius 2 is 2.47 bits per heavy atom. The molecule has 5 heteroatoms. The number of amidine groups is 1. The minimum Gasteiger partial charge on any atom is -0.463 e. The third-order valence-corrected chi connectivity index (χ3v) is 2.33. The van der Waals surface area contributed by atoms with Crippen LogP contribution in [0.2, 0.25) is 5.02 Å². The summed E-state index contributed by atoms with van der Waals surface area (Å²) in [6, 6.07) is 7.91. The first kappa shape index (κ1) is 10.1. The molecule has 0 unspecified atom stereocenters. The van der Waals surface area contributed by atoms with E-state index in [9.17, 15) is 0 Å².